The first-order valence-corrected chi connectivity index (χ1v) is 4.27. The molecule has 1 aliphatic rings. The molecule has 11 heavy (non-hydrogen) atoms. The van der Waals surface area contributed by atoms with Gasteiger partial charge in [0.1, 0.15) is 5.37 Å². The Morgan fingerprint density at radius 2 is 1.55 bits per heavy atom. The van der Waals surface area contributed by atoms with Gasteiger partial charge in [0.2, 0.25) is 0 Å². The van der Waals surface area contributed by atoms with Crippen molar-refractivity contribution in [3.8, 4) is 0 Å². The van der Waals surface area contributed by atoms with Gasteiger partial charge < -0.3 is 17.2 Å². The fourth-order valence-corrected chi connectivity index (χ4v) is 2.30. The normalized spacial score (nSPS) is 21.4. The molecule has 0 spiro atoms. The number of hydrogen-bond acceptors (Lipinski definition) is 5. The third-order valence-corrected chi connectivity index (χ3v) is 3.25. The molecule has 0 amide bonds. The molecule has 0 saturated heterocycles. The minimum atomic E-state index is -0.0972. The van der Waals surface area contributed by atoms with Crippen molar-refractivity contribution in [1.29, 1.82) is 0 Å². The maximum atomic E-state index is 5.45. The number of nitrogens with two attached hydrogens (primary N) is 3. The Hall–Kier alpha value is 0.870. The molecule has 1 unspecified atom stereocenters. The van der Waals surface area contributed by atoms with E-state index in [1.54, 1.807) is 0 Å². The van der Waals surface area contributed by atoms with E-state index < -0.39 is 0 Å². The molecular weight excluding hydrogens is 249 g/mol. The van der Waals surface area contributed by atoms with E-state index in [0.29, 0.717) is 10.7 Å². The van der Waals surface area contributed by atoms with Crippen LogP contribution in [0.25, 0.3) is 0 Å². The van der Waals surface area contributed by atoms with Crippen LogP contribution in [0.15, 0.2) is 10.7 Å². The first kappa shape index (κ1) is 17.8. The summed E-state index contributed by atoms with van der Waals surface area (Å²) in [5.41, 5.74) is 16.9. The molecule has 0 aromatic heterocycles. The molecule has 6 N–H and O–H groups in total. The van der Waals surface area contributed by atoms with Crippen molar-refractivity contribution in [1.82, 2.24) is 0 Å². The average molecular weight is 259 g/mol. The van der Waals surface area contributed by atoms with Crippen molar-refractivity contribution in [3.05, 3.63) is 10.7 Å². The second-order valence-corrected chi connectivity index (χ2v) is 3.80. The summed E-state index contributed by atoms with van der Waals surface area (Å²) in [6, 6.07) is 0. The van der Waals surface area contributed by atoms with Gasteiger partial charge >= 0.3 is 0 Å². The van der Waals surface area contributed by atoms with Gasteiger partial charge in [0.15, 0.2) is 0 Å². The molecule has 0 aromatic rings. The van der Waals surface area contributed by atoms with E-state index in [9.17, 15) is 0 Å². The maximum Gasteiger partial charge on any atom is 0.104 e. The van der Waals surface area contributed by atoms with Crippen LogP contribution in [0, 0.1) is 0 Å². The predicted octanol–water partition coefficient (Wildman–Crippen LogP) is 1.02. The topological polar surface area (TPSA) is 78.1 Å². The first-order valence-electron chi connectivity index (χ1n) is 2.06. The van der Waals surface area contributed by atoms with E-state index in [1.165, 1.54) is 21.6 Å². The number of rotatable bonds is 0. The standard InChI is InChI=1S/C3H7N3S2.3ClH/c4-1-2(5)7-8-3(1)6;;;/h2H,4-6H2;3*1H. The van der Waals surface area contributed by atoms with Crippen molar-refractivity contribution in [2.24, 2.45) is 17.2 Å². The third-order valence-electron chi connectivity index (χ3n) is 0.833. The van der Waals surface area contributed by atoms with Gasteiger partial charge in [0.25, 0.3) is 0 Å². The van der Waals surface area contributed by atoms with Crippen LogP contribution < -0.4 is 17.2 Å². The summed E-state index contributed by atoms with van der Waals surface area (Å²) in [5, 5.41) is 0.558. The molecular formula is C3H10Cl3N3S2. The molecule has 3 nitrogen and oxygen atoms in total. The van der Waals surface area contributed by atoms with Gasteiger partial charge in [-0.05, 0) is 10.8 Å². The first-order chi connectivity index (χ1) is 3.72. The van der Waals surface area contributed by atoms with Gasteiger partial charge in [-0.3, -0.25) is 0 Å². The number of halogens is 3. The van der Waals surface area contributed by atoms with Crippen LogP contribution >= 0.6 is 58.8 Å². The van der Waals surface area contributed by atoms with E-state index >= 15 is 0 Å². The Morgan fingerprint density at radius 3 is 1.64 bits per heavy atom. The zero-order chi connectivity index (χ0) is 6.15. The Labute approximate surface area is 91.9 Å². The van der Waals surface area contributed by atoms with Crippen LogP contribution in [-0.4, -0.2) is 5.37 Å². The van der Waals surface area contributed by atoms with Gasteiger partial charge in [-0.1, -0.05) is 10.8 Å². The van der Waals surface area contributed by atoms with Crippen molar-refractivity contribution >= 4 is 58.8 Å². The quantitative estimate of drug-likeness (QED) is 0.566. The smallest absolute Gasteiger partial charge is 0.104 e. The molecule has 0 aliphatic carbocycles. The van der Waals surface area contributed by atoms with Crippen LogP contribution in [0.1, 0.15) is 0 Å². The van der Waals surface area contributed by atoms with Crippen molar-refractivity contribution in [2.75, 3.05) is 0 Å². The molecule has 0 saturated carbocycles. The third kappa shape index (κ3) is 4.45. The van der Waals surface area contributed by atoms with Crippen LogP contribution in [0.3, 0.4) is 0 Å². The van der Waals surface area contributed by atoms with Crippen molar-refractivity contribution in [2.45, 2.75) is 5.37 Å². The summed E-state index contributed by atoms with van der Waals surface area (Å²) in [6.07, 6.45) is 0. The highest BCUT2D eigenvalue weighted by Crippen LogP contribution is 2.39. The fraction of sp³-hybridized carbons (Fsp3) is 0.333. The summed E-state index contributed by atoms with van der Waals surface area (Å²) in [6.45, 7) is 0. The zero-order valence-electron chi connectivity index (χ0n) is 5.35. The van der Waals surface area contributed by atoms with Crippen LogP contribution in [0.4, 0.5) is 0 Å². The molecule has 8 heteroatoms. The molecule has 0 aromatic carbocycles. The Kier molecular flexibility index (Phi) is 12.2. The lowest BCUT2D eigenvalue weighted by Gasteiger charge is -1.97. The zero-order valence-corrected chi connectivity index (χ0v) is 9.43. The van der Waals surface area contributed by atoms with Crippen LogP contribution in [0.2, 0.25) is 0 Å². The highest BCUT2D eigenvalue weighted by atomic mass is 35.5. The van der Waals surface area contributed by atoms with Gasteiger partial charge in [-0.15, -0.1) is 37.2 Å². The van der Waals surface area contributed by atoms with E-state index in [1.807, 2.05) is 0 Å². The van der Waals surface area contributed by atoms with E-state index in [-0.39, 0.29) is 42.6 Å². The van der Waals surface area contributed by atoms with Crippen molar-refractivity contribution in [3.63, 3.8) is 0 Å². The van der Waals surface area contributed by atoms with E-state index in [0.717, 1.165) is 0 Å². The Morgan fingerprint density at radius 1 is 1.09 bits per heavy atom. The summed E-state index contributed by atoms with van der Waals surface area (Å²) in [4.78, 5) is 0. The lowest BCUT2D eigenvalue weighted by atomic mass is 10.5. The Balaban J connectivity index is -0.000000213. The minimum absolute atomic E-state index is 0. The second-order valence-electron chi connectivity index (χ2n) is 1.42. The second kappa shape index (κ2) is 7.52. The predicted molar refractivity (Wildman–Crippen MR) is 60.3 cm³/mol. The van der Waals surface area contributed by atoms with Gasteiger partial charge in [-0.2, -0.15) is 0 Å². The average Bonchev–Trinajstić information content (AvgIpc) is 1.98. The summed E-state index contributed by atoms with van der Waals surface area (Å²) in [7, 11) is 2.92. The fourth-order valence-electron chi connectivity index (χ4n) is 0.344. The van der Waals surface area contributed by atoms with Crippen LogP contribution in [0.5, 0.6) is 0 Å². The maximum absolute atomic E-state index is 5.45. The largest absolute Gasteiger partial charge is 0.398 e. The molecule has 0 bridgehead atoms. The summed E-state index contributed by atoms with van der Waals surface area (Å²) in [5.74, 6) is 0. The number of hydrogen-bond donors (Lipinski definition) is 3. The molecule has 1 heterocycles. The molecule has 1 atom stereocenters. The molecule has 1 aliphatic heterocycles. The van der Waals surface area contributed by atoms with Gasteiger partial charge in [0, 0.05) is 0 Å². The molecule has 0 fully saturated rings. The highest BCUT2D eigenvalue weighted by molar-refractivity contribution is 8.78. The van der Waals surface area contributed by atoms with Crippen molar-refractivity contribution < 1.29 is 0 Å². The molecule has 70 valence electrons. The molecule has 0 radical (unpaired) electrons. The van der Waals surface area contributed by atoms with Crippen LogP contribution in [-0.2, 0) is 0 Å². The highest BCUT2D eigenvalue weighted by Gasteiger charge is 2.18. The summed E-state index contributed by atoms with van der Waals surface area (Å²) >= 11 is 0. The molecule has 1 rings (SSSR count). The summed E-state index contributed by atoms with van der Waals surface area (Å²) < 4.78 is 0. The lowest BCUT2D eigenvalue weighted by Crippen LogP contribution is -2.22. The lowest BCUT2D eigenvalue weighted by molar-refractivity contribution is 1.03. The van der Waals surface area contributed by atoms with Gasteiger partial charge in [0.05, 0.1) is 10.7 Å². The SMILES string of the molecule is Cl.Cl.Cl.NC1=C(N)C(N)SS1. The van der Waals surface area contributed by atoms with E-state index in [2.05, 4.69) is 0 Å². The van der Waals surface area contributed by atoms with E-state index in [4.69, 9.17) is 17.2 Å². The minimum Gasteiger partial charge on any atom is -0.398 e. The van der Waals surface area contributed by atoms with Gasteiger partial charge in [-0.25, -0.2) is 0 Å². The Bertz CT molecular complexity index is 142. The monoisotopic (exact) mass is 257 g/mol.